The van der Waals surface area contributed by atoms with Gasteiger partial charge in [-0.15, -0.1) is 11.3 Å². The van der Waals surface area contributed by atoms with E-state index < -0.39 is 0 Å². The second kappa shape index (κ2) is 9.69. The first kappa shape index (κ1) is 20.3. The number of carbonyl (C=O) groups is 2. The molecule has 4 rings (SSSR count). The van der Waals surface area contributed by atoms with Gasteiger partial charge in [-0.3, -0.25) is 15.1 Å². The molecule has 1 unspecified atom stereocenters. The number of benzene rings is 2. The lowest BCUT2D eigenvalue weighted by atomic mass is 10.0. The van der Waals surface area contributed by atoms with Crippen LogP contribution in [0.5, 0.6) is 0 Å². The molecule has 154 valence electrons. The summed E-state index contributed by atoms with van der Waals surface area (Å²) >= 11 is 1.21. The Kier molecular flexibility index (Phi) is 6.35. The lowest BCUT2D eigenvalue weighted by Crippen LogP contribution is -2.29. The van der Waals surface area contributed by atoms with Crippen molar-refractivity contribution in [2.75, 3.05) is 10.6 Å². The molecule has 2 heterocycles. The van der Waals surface area contributed by atoms with Crippen molar-refractivity contribution >= 4 is 34.0 Å². The minimum absolute atomic E-state index is 0.235. The summed E-state index contributed by atoms with van der Waals surface area (Å²) in [7, 11) is 0. The molecule has 3 amide bonds. The molecule has 7 heteroatoms. The van der Waals surface area contributed by atoms with E-state index in [1.54, 1.807) is 30.5 Å². The van der Waals surface area contributed by atoms with E-state index in [1.165, 1.54) is 11.3 Å². The van der Waals surface area contributed by atoms with Crippen LogP contribution in [0.3, 0.4) is 0 Å². The lowest BCUT2D eigenvalue weighted by Gasteiger charge is -2.18. The van der Waals surface area contributed by atoms with Crippen molar-refractivity contribution in [3.05, 3.63) is 113 Å². The molecule has 0 fully saturated rings. The van der Waals surface area contributed by atoms with Crippen LogP contribution in [-0.2, 0) is 0 Å². The number of urea groups is 1. The van der Waals surface area contributed by atoms with Crippen LogP contribution in [-0.4, -0.2) is 16.9 Å². The van der Waals surface area contributed by atoms with Crippen molar-refractivity contribution in [3.63, 3.8) is 0 Å². The molecular formula is C24H20N4O2S. The molecule has 0 bridgehead atoms. The molecule has 0 saturated carbocycles. The van der Waals surface area contributed by atoms with E-state index in [2.05, 4.69) is 20.9 Å². The molecule has 2 aromatic carbocycles. The first-order chi connectivity index (χ1) is 15.2. The Morgan fingerprint density at radius 1 is 0.774 bits per heavy atom. The topological polar surface area (TPSA) is 83.1 Å². The van der Waals surface area contributed by atoms with Crippen LogP contribution >= 0.6 is 11.3 Å². The third-order valence-corrected chi connectivity index (χ3v) is 5.49. The van der Waals surface area contributed by atoms with Gasteiger partial charge in [0.25, 0.3) is 5.91 Å². The van der Waals surface area contributed by atoms with Gasteiger partial charge in [0.15, 0.2) is 0 Å². The maximum atomic E-state index is 12.9. The molecule has 0 radical (unpaired) electrons. The Labute approximate surface area is 184 Å². The average molecular weight is 429 g/mol. The summed E-state index contributed by atoms with van der Waals surface area (Å²) in [6, 6.07) is 27.1. The number of hydrogen-bond donors (Lipinski definition) is 3. The van der Waals surface area contributed by atoms with Crippen LogP contribution < -0.4 is 16.0 Å². The fraction of sp³-hybridized carbons (Fsp3) is 0.0417. The first-order valence-corrected chi connectivity index (χ1v) is 10.5. The number of nitrogens with one attached hydrogen (secondary N) is 3. The van der Waals surface area contributed by atoms with E-state index in [4.69, 9.17) is 0 Å². The zero-order valence-corrected chi connectivity index (χ0v) is 17.3. The van der Waals surface area contributed by atoms with E-state index in [-0.39, 0.29) is 18.0 Å². The average Bonchev–Trinajstić information content (AvgIpc) is 3.27. The van der Waals surface area contributed by atoms with Gasteiger partial charge in [0.2, 0.25) is 0 Å². The Bertz CT molecular complexity index is 1110. The monoisotopic (exact) mass is 428 g/mol. The van der Waals surface area contributed by atoms with Crippen molar-refractivity contribution in [2.45, 2.75) is 6.04 Å². The van der Waals surface area contributed by atoms with Crippen LogP contribution in [0.15, 0.2) is 97.2 Å². The van der Waals surface area contributed by atoms with Crippen molar-refractivity contribution in [1.82, 2.24) is 10.3 Å². The molecule has 2 aromatic heterocycles. The molecule has 0 aliphatic rings. The van der Waals surface area contributed by atoms with Gasteiger partial charge in [-0.25, -0.2) is 4.79 Å². The van der Waals surface area contributed by atoms with Crippen molar-refractivity contribution < 1.29 is 9.59 Å². The Morgan fingerprint density at radius 3 is 2.19 bits per heavy atom. The summed E-state index contributed by atoms with van der Waals surface area (Å²) < 4.78 is 0. The van der Waals surface area contributed by atoms with Crippen LogP contribution in [0, 0.1) is 0 Å². The Morgan fingerprint density at radius 2 is 1.48 bits per heavy atom. The zero-order valence-electron chi connectivity index (χ0n) is 16.5. The third-order valence-electron chi connectivity index (χ3n) is 4.49. The molecule has 0 aliphatic carbocycles. The van der Waals surface area contributed by atoms with Crippen LogP contribution in [0.2, 0.25) is 0 Å². The third kappa shape index (κ3) is 5.34. The lowest BCUT2D eigenvalue weighted by molar-refractivity contribution is 0.0946. The molecule has 4 aromatic rings. The van der Waals surface area contributed by atoms with Gasteiger partial charge in [-0.1, -0.05) is 54.6 Å². The van der Waals surface area contributed by atoms with Gasteiger partial charge in [-0.2, -0.15) is 0 Å². The van der Waals surface area contributed by atoms with E-state index in [9.17, 15) is 9.59 Å². The van der Waals surface area contributed by atoms with Crippen LogP contribution in [0.4, 0.5) is 15.5 Å². The van der Waals surface area contributed by atoms with Crippen molar-refractivity contribution in [1.29, 1.82) is 0 Å². The summed E-state index contributed by atoms with van der Waals surface area (Å²) in [5, 5.41) is 9.14. The summed E-state index contributed by atoms with van der Waals surface area (Å²) in [5.41, 5.74) is 2.38. The predicted octanol–water partition coefficient (Wildman–Crippen LogP) is 5.31. The fourth-order valence-electron chi connectivity index (χ4n) is 3.05. The van der Waals surface area contributed by atoms with Gasteiger partial charge in [0.1, 0.15) is 0 Å². The number of hydrogen-bond acceptors (Lipinski definition) is 4. The number of para-hydroxylation sites is 1. The van der Waals surface area contributed by atoms with Gasteiger partial charge in [-0.05, 0) is 42.0 Å². The fourth-order valence-corrected chi connectivity index (χ4v) is 3.85. The number of anilines is 2. The summed E-state index contributed by atoms with van der Waals surface area (Å²) in [6.45, 7) is 0. The summed E-state index contributed by atoms with van der Waals surface area (Å²) in [5.74, 6) is -0.235. The number of carbonyl (C=O) groups excluding carboxylic acids is 2. The van der Waals surface area contributed by atoms with E-state index in [0.29, 0.717) is 15.6 Å². The highest BCUT2D eigenvalue weighted by atomic mass is 32.1. The largest absolute Gasteiger partial charge is 0.339 e. The number of aromatic nitrogens is 1. The van der Waals surface area contributed by atoms with Gasteiger partial charge in [0, 0.05) is 11.9 Å². The number of amides is 3. The second-order valence-electron chi connectivity index (χ2n) is 6.68. The van der Waals surface area contributed by atoms with Crippen LogP contribution in [0.1, 0.15) is 27.0 Å². The molecule has 1 atom stereocenters. The molecule has 0 aliphatic heterocycles. The number of nitrogens with zero attached hydrogens (tertiary/aromatic N) is 1. The van der Waals surface area contributed by atoms with Gasteiger partial charge < -0.3 is 10.6 Å². The normalized spacial score (nSPS) is 11.4. The Balaban J connectivity index is 1.45. The standard InChI is InChI=1S/C24H20N4O2S/c29-23(28-22(17-9-3-1-4-10-17)19-13-7-8-16-25-19)20-14-15-21(31-20)27-24(30)26-18-11-5-2-6-12-18/h1-16,22H,(H,28,29)(H2,26,27,30). The van der Waals surface area contributed by atoms with E-state index in [1.807, 2.05) is 66.7 Å². The molecule has 0 spiro atoms. The second-order valence-corrected chi connectivity index (χ2v) is 7.76. The number of pyridine rings is 1. The maximum Gasteiger partial charge on any atom is 0.324 e. The van der Waals surface area contributed by atoms with E-state index in [0.717, 1.165) is 11.3 Å². The maximum absolute atomic E-state index is 12.9. The predicted molar refractivity (Wildman–Crippen MR) is 123 cm³/mol. The van der Waals surface area contributed by atoms with E-state index >= 15 is 0 Å². The molecule has 3 N–H and O–H groups in total. The smallest absolute Gasteiger partial charge is 0.324 e. The molecule has 6 nitrogen and oxygen atoms in total. The Hall–Kier alpha value is -3.97. The van der Waals surface area contributed by atoms with Crippen molar-refractivity contribution in [3.8, 4) is 0 Å². The van der Waals surface area contributed by atoms with Gasteiger partial charge in [0.05, 0.1) is 21.6 Å². The zero-order chi connectivity index (χ0) is 21.5. The van der Waals surface area contributed by atoms with Crippen LogP contribution in [0.25, 0.3) is 0 Å². The molecular weight excluding hydrogens is 408 g/mol. The highest BCUT2D eigenvalue weighted by Gasteiger charge is 2.20. The minimum Gasteiger partial charge on any atom is -0.339 e. The number of thiophene rings is 1. The van der Waals surface area contributed by atoms with Gasteiger partial charge >= 0.3 is 6.03 Å². The highest BCUT2D eigenvalue weighted by molar-refractivity contribution is 7.18. The summed E-state index contributed by atoms with van der Waals surface area (Å²) in [4.78, 5) is 30.0. The SMILES string of the molecule is O=C(Nc1ccccc1)Nc1ccc(C(=O)NC(c2ccccc2)c2ccccn2)s1. The molecule has 31 heavy (non-hydrogen) atoms. The quantitative estimate of drug-likeness (QED) is 0.389. The highest BCUT2D eigenvalue weighted by Crippen LogP contribution is 2.25. The number of rotatable bonds is 6. The first-order valence-electron chi connectivity index (χ1n) is 9.69. The minimum atomic E-state index is -0.380. The van der Waals surface area contributed by atoms with Crippen molar-refractivity contribution in [2.24, 2.45) is 0 Å². The molecule has 0 saturated heterocycles. The summed E-state index contributed by atoms with van der Waals surface area (Å²) in [6.07, 6.45) is 1.70.